The lowest BCUT2D eigenvalue weighted by atomic mass is 10.0. The summed E-state index contributed by atoms with van der Waals surface area (Å²) in [5.41, 5.74) is 0. The molecule has 3 heteroatoms. The number of methoxy groups -OCH3 is 1. The Morgan fingerprint density at radius 2 is 1.33 bits per heavy atom. The van der Waals surface area contributed by atoms with Crippen LogP contribution >= 0.6 is 0 Å². The molecule has 0 heterocycles. The van der Waals surface area contributed by atoms with Crippen molar-refractivity contribution in [3.8, 4) is 0 Å². The second-order valence-corrected chi connectivity index (χ2v) is 6.30. The summed E-state index contributed by atoms with van der Waals surface area (Å²) in [6.45, 7) is 3.84. The third-order valence-corrected chi connectivity index (χ3v) is 3.87. The number of carboxylic acid groups (broad SMARTS) is 1. The largest absolute Gasteiger partial charge is 0.481 e. The second kappa shape index (κ2) is 18.7. The van der Waals surface area contributed by atoms with Crippen LogP contribution in [0.3, 0.4) is 0 Å². The molecule has 0 aliphatic carbocycles. The number of ether oxygens (including phenoxy) is 1. The highest BCUT2D eigenvalue weighted by Crippen LogP contribution is 2.10. The summed E-state index contributed by atoms with van der Waals surface area (Å²) in [5, 5.41) is 8.93. The molecule has 150 valence electrons. The molecule has 0 aliphatic rings. The number of carbonyl (C=O) groups is 1. The smallest absolute Gasteiger partial charge is 0.306 e. The lowest BCUT2D eigenvalue weighted by molar-refractivity contribution is -0.142. The van der Waals surface area contributed by atoms with E-state index in [9.17, 15) is 4.79 Å². The van der Waals surface area contributed by atoms with Crippen molar-refractivity contribution in [3.63, 3.8) is 0 Å². The number of carboxylic acids is 1. The molecule has 0 fully saturated rings. The maximum Gasteiger partial charge on any atom is 0.306 e. The van der Waals surface area contributed by atoms with E-state index in [-0.39, 0.29) is 6.10 Å². The molecule has 0 aliphatic heterocycles. The minimum absolute atomic E-state index is 0.168. The molecule has 2 unspecified atom stereocenters. The number of hydrogen-bond acceptors (Lipinski definition) is 2. The SMILES string of the molecule is CC/C=C\C/C=C\C/C=C\C/C=C\C/C=C\C=C\C(CC(C)C(=O)O)OC. The van der Waals surface area contributed by atoms with Crippen molar-refractivity contribution in [2.75, 3.05) is 7.11 Å². The fourth-order valence-corrected chi connectivity index (χ4v) is 2.20. The number of allylic oxidation sites excluding steroid dienone is 11. The standard InChI is InChI=1S/C24H36O3/c1-4-5-6-7-8-9-10-11-12-13-14-15-16-17-18-19-20-23(27-3)21-22(2)24(25)26/h5-6,8-9,11-12,14-15,17-20,22-23H,4,7,10,13,16,21H2,1-3H3,(H,25,26)/b6-5-,9-8-,12-11-,15-14-,18-17-,20-19+. The molecule has 0 bridgehead atoms. The first kappa shape index (κ1) is 24.9. The van der Waals surface area contributed by atoms with Gasteiger partial charge >= 0.3 is 5.97 Å². The number of rotatable bonds is 15. The van der Waals surface area contributed by atoms with E-state index in [1.807, 2.05) is 18.2 Å². The molecule has 27 heavy (non-hydrogen) atoms. The molecule has 0 spiro atoms. The van der Waals surface area contributed by atoms with Crippen LogP contribution in [0.25, 0.3) is 0 Å². The molecule has 0 aromatic carbocycles. The van der Waals surface area contributed by atoms with Gasteiger partial charge in [0, 0.05) is 7.11 Å². The van der Waals surface area contributed by atoms with Crippen LogP contribution in [0.2, 0.25) is 0 Å². The van der Waals surface area contributed by atoms with Gasteiger partial charge in [-0.05, 0) is 38.5 Å². The lowest BCUT2D eigenvalue weighted by Gasteiger charge is -2.13. The molecule has 0 saturated carbocycles. The van der Waals surface area contributed by atoms with E-state index in [2.05, 4.69) is 61.6 Å². The molecule has 0 saturated heterocycles. The molecule has 0 radical (unpaired) electrons. The Bertz CT molecular complexity index is 536. The zero-order valence-electron chi connectivity index (χ0n) is 17.1. The van der Waals surface area contributed by atoms with Crippen LogP contribution in [-0.2, 0) is 9.53 Å². The van der Waals surface area contributed by atoms with Gasteiger partial charge in [-0.2, -0.15) is 0 Å². The summed E-state index contributed by atoms with van der Waals surface area (Å²) in [6.07, 6.45) is 30.5. The molecular formula is C24H36O3. The molecule has 0 rings (SSSR count). The van der Waals surface area contributed by atoms with E-state index in [1.54, 1.807) is 14.0 Å². The minimum atomic E-state index is -0.791. The Balaban J connectivity index is 3.87. The van der Waals surface area contributed by atoms with E-state index in [4.69, 9.17) is 9.84 Å². The summed E-state index contributed by atoms with van der Waals surface area (Å²) in [4.78, 5) is 10.9. The maximum absolute atomic E-state index is 10.9. The Morgan fingerprint density at radius 1 is 0.852 bits per heavy atom. The van der Waals surface area contributed by atoms with Crippen LogP contribution in [0.4, 0.5) is 0 Å². The minimum Gasteiger partial charge on any atom is -0.481 e. The number of aliphatic carboxylic acids is 1. The average Bonchev–Trinajstić information content (AvgIpc) is 2.66. The summed E-state index contributed by atoms with van der Waals surface area (Å²) in [7, 11) is 1.60. The van der Waals surface area contributed by atoms with Crippen LogP contribution in [0.15, 0.2) is 72.9 Å². The van der Waals surface area contributed by atoms with Gasteiger partial charge in [-0.25, -0.2) is 0 Å². The predicted molar refractivity (Wildman–Crippen MR) is 116 cm³/mol. The van der Waals surface area contributed by atoms with Crippen molar-refractivity contribution in [1.29, 1.82) is 0 Å². The summed E-state index contributed by atoms with van der Waals surface area (Å²) in [6, 6.07) is 0. The van der Waals surface area contributed by atoms with E-state index in [1.165, 1.54) is 0 Å². The average molecular weight is 373 g/mol. The lowest BCUT2D eigenvalue weighted by Crippen LogP contribution is -2.18. The Hall–Kier alpha value is -2.13. The summed E-state index contributed by atoms with van der Waals surface area (Å²) >= 11 is 0. The quantitative estimate of drug-likeness (QED) is 0.266. The molecular weight excluding hydrogens is 336 g/mol. The van der Waals surface area contributed by atoms with E-state index in [0.29, 0.717) is 6.42 Å². The van der Waals surface area contributed by atoms with Gasteiger partial charge in [0.05, 0.1) is 12.0 Å². The van der Waals surface area contributed by atoms with Gasteiger partial charge in [-0.3, -0.25) is 4.79 Å². The fourth-order valence-electron chi connectivity index (χ4n) is 2.20. The van der Waals surface area contributed by atoms with Crippen molar-refractivity contribution < 1.29 is 14.6 Å². The fraction of sp³-hybridized carbons (Fsp3) is 0.458. The zero-order chi connectivity index (χ0) is 20.2. The van der Waals surface area contributed by atoms with Crippen LogP contribution in [0, 0.1) is 5.92 Å². The van der Waals surface area contributed by atoms with Crippen LogP contribution in [-0.4, -0.2) is 24.3 Å². The monoisotopic (exact) mass is 372 g/mol. The molecule has 0 amide bonds. The van der Waals surface area contributed by atoms with Gasteiger partial charge in [-0.1, -0.05) is 86.8 Å². The molecule has 1 N–H and O–H groups in total. The molecule has 0 aromatic rings. The Kier molecular flexibility index (Phi) is 17.2. The molecule has 3 nitrogen and oxygen atoms in total. The summed E-state index contributed by atoms with van der Waals surface area (Å²) < 4.78 is 5.28. The second-order valence-electron chi connectivity index (χ2n) is 6.30. The van der Waals surface area contributed by atoms with Gasteiger partial charge < -0.3 is 9.84 Å². The topological polar surface area (TPSA) is 46.5 Å². The predicted octanol–water partition coefficient (Wildman–Crippen LogP) is 6.42. The van der Waals surface area contributed by atoms with Crippen molar-refractivity contribution in [2.45, 2.75) is 58.5 Å². The highest BCUT2D eigenvalue weighted by Gasteiger charge is 2.15. The third kappa shape index (κ3) is 17.1. The van der Waals surface area contributed by atoms with Crippen molar-refractivity contribution in [2.24, 2.45) is 5.92 Å². The third-order valence-electron chi connectivity index (χ3n) is 3.87. The first-order valence-electron chi connectivity index (χ1n) is 9.80. The van der Waals surface area contributed by atoms with Crippen LogP contribution < -0.4 is 0 Å². The number of hydrogen-bond donors (Lipinski definition) is 1. The normalized spacial score (nSPS) is 15.4. The molecule has 2 atom stereocenters. The molecule has 0 aromatic heterocycles. The highest BCUT2D eigenvalue weighted by atomic mass is 16.5. The van der Waals surface area contributed by atoms with Gasteiger partial charge in [-0.15, -0.1) is 0 Å². The van der Waals surface area contributed by atoms with Crippen LogP contribution in [0.1, 0.15) is 52.4 Å². The van der Waals surface area contributed by atoms with Crippen molar-refractivity contribution >= 4 is 5.97 Å². The summed E-state index contributed by atoms with van der Waals surface area (Å²) in [5.74, 6) is -1.20. The van der Waals surface area contributed by atoms with Gasteiger partial charge in [0.2, 0.25) is 0 Å². The Labute approximate surface area is 165 Å². The van der Waals surface area contributed by atoms with Crippen LogP contribution in [0.5, 0.6) is 0 Å². The first-order chi connectivity index (χ1) is 13.1. The maximum atomic E-state index is 10.9. The van der Waals surface area contributed by atoms with Gasteiger partial charge in [0.25, 0.3) is 0 Å². The van der Waals surface area contributed by atoms with E-state index >= 15 is 0 Å². The first-order valence-corrected chi connectivity index (χ1v) is 9.80. The van der Waals surface area contributed by atoms with Gasteiger partial charge in [0.15, 0.2) is 0 Å². The van der Waals surface area contributed by atoms with E-state index < -0.39 is 11.9 Å². The highest BCUT2D eigenvalue weighted by molar-refractivity contribution is 5.69. The van der Waals surface area contributed by atoms with Gasteiger partial charge in [0.1, 0.15) is 0 Å². The van der Waals surface area contributed by atoms with Crippen molar-refractivity contribution in [1.82, 2.24) is 0 Å². The zero-order valence-corrected chi connectivity index (χ0v) is 17.1. The Morgan fingerprint density at radius 3 is 1.78 bits per heavy atom. The van der Waals surface area contributed by atoms with E-state index in [0.717, 1.165) is 32.1 Å². The van der Waals surface area contributed by atoms with Crippen molar-refractivity contribution in [3.05, 3.63) is 72.9 Å².